The fourth-order valence-electron chi connectivity index (χ4n) is 1.13. The third kappa shape index (κ3) is 3.77. The van der Waals surface area contributed by atoms with Crippen LogP contribution in [-0.2, 0) is 0 Å². The molecule has 0 spiro atoms. The van der Waals surface area contributed by atoms with Gasteiger partial charge in [-0.2, -0.15) is 0 Å². The molecule has 84 valence electrons. The van der Waals surface area contributed by atoms with E-state index in [1.807, 2.05) is 12.1 Å². The van der Waals surface area contributed by atoms with Crippen LogP contribution in [-0.4, -0.2) is 22.5 Å². The fourth-order valence-corrected chi connectivity index (χ4v) is 2.81. The molecule has 0 aliphatic carbocycles. The van der Waals surface area contributed by atoms with Crippen LogP contribution in [0.4, 0.5) is 5.69 Å². The average molecular weight is 316 g/mol. The lowest BCUT2D eigenvalue weighted by molar-refractivity contribution is 1.01. The molecule has 0 aliphatic heterocycles. The Bertz CT molecular complexity index is 416. The first-order valence-electron chi connectivity index (χ1n) is 4.73. The molecule has 0 unspecified atom stereocenters. The molecule has 0 radical (unpaired) electrons. The van der Waals surface area contributed by atoms with Crippen molar-refractivity contribution >= 4 is 44.7 Å². The summed E-state index contributed by atoms with van der Waals surface area (Å²) in [5.41, 5.74) is 2.89. The normalized spacial score (nSPS) is 10.3. The predicted octanol–water partition coefficient (Wildman–Crippen LogP) is 3.50. The van der Waals surface area contributed by atoms with Crippen LogP contribution in [0.25, 0.3) is 0 Å². The number of thioether (sulfide) groups is 1. The van der Waals surface area contributed by atoms with Gasteiger partial charge in [-0.15, -0.1) is 10.2 Å². The second-order valence-electron chi connectivity index (χ2n) is 2.99. The summed E-state index contributed by atoms with van der Waals surface area (Å²) in [4.78, 5) is 0. The first-order chi connectivity index (χ1) is 7.84. The summed E-state index contributed by atoms with van der Waals surface area (Å²) in [6.45, 7) is 0.922. The van der Waals surface area contributed by atoms with Gasteiger partial charge in [0.05, 0.1) is 0 Å². The second-order valence-corrected chi connectivity index (χ2v) is 6.08. The van der Waals surface area contributed by atoms with E-state index in [-0.39, 0.29) is 0 Å². The molecule has 2 aromatic rings. The molecule has 0 atom stereocenters. The lowest BCUT2D eigenvalue weighted by Crippen LogP contribution is -2.03. The van der Waals surface area contributed by atoms with Crippen LogP contribution in [0.1, 0.15) is 0 Å². The first-order valence-corrected chi connectivity index (χ1v) is 7.39. The highest BCUT2D eigenvalue weighted by Gasteiger charge is 1.97. The summed E-state index contributed by atoms with van der Waals surface area (Å²) in [6.07, 6.45) is 0. The minimum atomic E-state index is 0.922. The van der Waals surface area contributed by atoms with Crippen LogP contribution < -0.4 is 5.32 Å². The number of aromatic nitrogens is 2. The summed E-state index contributed by atoms with van der Waals surface area (Å²) < 4.78 is 2.12. The van der Waals surface area contributed by atoms with Gasteiger partial charge in [-0.25, -0.2) is 0 Å². The van der Waals surface area contributed by atoms with Gasteiger partial charge in [0.1, 0.15) is 5.51 Å². The van der Waals surface area contributed by atoms with E-state index in [1.165, 1.54) is 0 Å². The van der Waals surface area contributed by atoms with Crippen LogP contribution in [0.3, 0.4) is 0 Å². The molecule has 6 heteroatoms. The monoisotopic (exact) mass is 315 g/mol. The summed E-state index contributed by atoms with van der Waals surface area (Å²) in [5.74, 6) is 0.991. The van der Waals surface area contributed by atoms with Crippen LogP contribution in [0.15, 0.2) is 38.6 Å². The van der Waals surface area contributed by atoms with Crippen molar-refractivity contribution in [2.75, 3.05) is 17.6 Å². The maximum Gasteiger partial charge on any atom is 0.174 e. The van der Waals surface area contributed by atoms with Crippen molar-refractivity contribution in [3.8, 4) is 0 Å². The zero-order chi connectivity index (χ0) is 11.2. The highest BCUT2D eigenvalue weighted by Crippen LogP contribution is 2.19. The molecule has 0 bridgehead atoms. The zero-order valence-electron chi connectivity index (χ0n) is 8.39. The van der Waals surface area contributed by atoms with Gasteiger partial charge in [-0.3, -0.25) is 0 Å². The molecule has 1 N–H and O–H groups in total. The third-order valence-electron chi connectivity index (χ3n) is 1.84. The van der Waals surface area contributed by atoms with Gasteiger partial charge in [0.2, 0.25) is 0 Å². The molecule has 0 aliphatic rings. The van der Waals surface area contributed by atoms with E-state index < -0.39 is 0 Å². The number of halogens is 1. The maximum atomic E-state index is 3.97. The summed E-state index contributed by atoms with van der Waals surface area (Å²) in [6, 6.07) is 8.17. The van der Waals surface area contributed by atoms with Gasteiger partial charge < -0.3 is 5.32 Å². The third-order valence-corrected chi connectivity index (χ3v) is 4.23. The van der Waals surface area contributed by atoms with Crippen LogP contribution in [0.5, 0.6) is 0 Å². The molecule has 16 heavy (non-hydrogen) atoms. The molecule has 3 nitrogen and oxygen atoms in total. The number of benzene rings is 1. The Morgan fingerprint density at radius 3 is 2.81 bits per heavy atom. The van der Waals surface area contributed by atoms with E-state index in [1.54, 1.807) is 28.6 Å². The van der Waals surface area contributed by atoms with Crippen molar-refractivity contribution in [2.24, 2.45) is 0 Å². The van der Waals surface area contributed by atoms with Gasteiger partial charge in [-0.05, 0) is 24.3 Å². The van der Waals surface area contributed by atoms with Crippen LogP contribution in [0.2, 0.25) is 0 Å². The Labute approximate surface area is 111 Å². The average Bonchev–Trinajstić information content (AvgIpc) is 2.80. The minimum absolute atomic E-state index is 0.922. The Kier molecular flexibility index (Phi) is 4.62. The topological polar surface area (TPSA) is 37.8 Å². The van der Waals surface area contributed by atoms with E-state index in [9.17, 15) is 0 Å². The smallest absolute Gasteiger partial charge is 0.174 e. The first kappa shape index (κ1) is 11.9. The van der Waals surface area contributed by atoms with E-state index in [0.29, 0.717) is 0 Å². The van der Waals surface area contributed by atoms with Crippen molar-refractivity contribution in [3.05, 3.63) is 34.2 Å². The van der Waals surface area contributed by atoms with Crippen molar-refractivity contribution < 1.29 is 0 Å². The molecule has 0 amide bonds. The molecule has 0 fully saturated rings. The number of nitrogens with one attached hydrogen (secondary N) is 1. The van der Waals surface area contributed by atoms with Crippen molar-refractivity contribution in [3.63, 3.8) is 0 Å². The predicted molar refractivity (Wildman–Crippen MR) is 73.3 cm³/mol. The van der Waals surface area contributed by atoms with Crippen LogP contribution >= 0.6 is 39.0 Å². The molecule has 0 saturated heterocycles. The molecule has 0 saturated carbocycles. The Balaban J connectivity index is 1.70. The van der Waals surface area contributed by atoms with Gasteiger partial charge in [-0.1, -0.05) is 39.0 Å². The van der Waals surface area contributed by atoms with Gasteiger partial charge in [0.15, 0.2) is 4.34 Å². The lowest BCUT2D eigenvalue weighted by atomic mass is 10.3. The van der Waals surface area contributed by atoms with E-state index in [4.69, 9.17) is 0 Å². The van der Waals surface area contributed by atoms with Crippen LogP contribution in [0, 0.1) is 0 Å². The van der Waals surface area contributed by atoms with Gasteiger partial charge >= 0.3 is 0 Å². The lowest BCUT2D eigenvalue weighted by Gasteiger charge is -2.04. The number of anilines is 1. The van der Waals surface area contributed by atoms with E-state index in [0.717, 1.165) is 26.8 Å². The number of rotatable bonds is 5. The highest BCUT2D eigenvalue weighted by molar-refractivity contribution is 9.10. The standard InChI is InChI=1S/C10H10BrN3S2/c11-8-1-3-9(4-2-8)12-5-6-15-10-14-13-7-16-10/h1-4,7,12H,5-6H2. The molecule has 2 rings (SSSR count). The molecule has 1 aromatic heterocycles. The minimum Gasteiger partial charge on any atom is -0.384 e. The fraction of sp³-hybridized carbons (Fsp3) is 0.200. The van der Waals surface area contributed by atoms with Gasteiger partial charge in [0, 0.05) is 22.5 Å². The summed E-state index contributed by atoms with van der Waals surface area (Å²) in [5, 5.41) is 11.1. The van der Waals surface area contributed by atoms with Gasteiger partial charge in [0.25, 0.3) is 0 Å². The quantitative estimate of drug-likeness (QED) is 0.677. The second kappa shape index (κ2) is 6.22. The van der Waals surface area contributed by atoms with Crippen molar-refractivity contribution in [1.29, 1.82) is 0 Å². The number of nitrogens with zero attached hydrogens (tertiary/aromatic N) is 2. The molecule has 1 aromatic carbocycles. The van der Waals surface area contributed by atoms with Crippen molar-refractivity contribution in [2.45, 2.75) is 4.34 Å². The van der Waals surface area contributed by atoms with E-state index >= 15 is 0 Å². The zero-order valence-corrected chi connectivity index (χ0v) is 11.6. The summed E-state index contributed by atoms with van der Waals surface area (Å²) in [7, 11) is 0. The Morgan fingerprint density at radius 2 is 2.12 bits per heavy atom. The molecular weight excluding hydrogens is 306 g/mol. The maximum absolute atomic E-state index is 3.97. The SMILES string of the molecule is Brc1ccc(NCCSc2nncs2)cc1. The van der Waals surface area contributed by atoms with E-state index in [2.05, 4.69) is 43.6 Å². The molecule has 1 heterocycles. The summed E-state index contributed by atoms with van der Waals surface area (Å²) >= 11 is 6.71. The number of hydrogen-bond donors (Lipinski definition) is 1. The Morgan fingerprint density at radius 1 is 1.31 bits per heavy atom. The number of hydrogen-bond acceptors (Lipinski definition) is 5. The Hall–Kier alpha value is -0.590. The molecular formula is C10H10BrN3S2. The highest BCUT2D eigenvalue weighted by atomic mass is 79.9. The largest absolute Gasteiger partial charge is 0.384 e. The van der Waals surface area contributed by atoms with Crippen molar-refractivity contribution in [1.82, 2.24) is 10.2 Å².